The lowest BCUT2D eigenvalue weighted by molar-refractivity contribution is -0.242. The highest BCUT2D eigenvalue weighted by Gasteiger charge is 2.67. The lowest BCUT2D eigenvalue weighted by Gasteiger charge is -2.61. The van der Waals surface area contributed by atoms with Crippen molar-refractivity contribution in [1.82, 2.24) is 0 Å². The maximum absolute atomic E-state index is 11.4. The highest BCUT2D eigenvalue weighted by molar-refractivity contribution is 5.46. The normalized spacial score (nSPS) is 41.6. The van der Waals surface area contributed by atoms with Crippen molar-refractivity contribution in [2.45, 2.75) is 97.7 Å². The zero-order valence-electron chi connectivity index (χ0n) is 20.5. The molecule has 3 fully saturated rings. The average Bonchev–Trinajstić information content (AvgIpc) is 3.37. The molecule has 0 aromatic heterocycles. The number of hydrogen-bond donors (Lipinski definition) is 1. The Morgan fingerprint density at radius 3 is 2.34 bits per heavy atom. The summed E-state index contributed by atoms with van der Waals surface area (Å²) in [5.41, 5.74) is 1.80. The van der Waals surface area contributed by atoms with Gasteiger partial charge < -0.3 is 14.6 Å². The van der Waals surface area contributed by atoms with Gasteiger partial charge in [-0.2, -0.15) is 5.26 Å². The summed E-state index contributed by atoms with van der Waals surface area (Å²) in [6.45, 7) is 10.7. The molecule has 4 nitrogen and oxygen atoms in total. The zero-order valence-corrected chi connectivity index (χ0v) is 20.5. The number of nitrogens with zero attached hydrogens (tertiary/aromatic N) is 1. The Morgan fingerprint density at radius 2 is 1.72 bits per heavy atom. The van der Waals surface area contributed by atoms with Gasteiger partial charge in [-0.1, -0.05) is 52.2 Å². The van der Waals surface area contributed by atoms with Crippen LogP contribution in [-0.4, -0.2) is 24.1 Å². The topological polar surface area (TPSA) is 62.5 Å². The number of nitriles is 1. The Bertz CT molecular complexity index is 870. The van der Waals surface area contributed by atoms with Crippen molar-refractivity contribution in [3.63, 3.8) is 0 Å². The summed E-state index contributed by atoms with van der Waals surface area (Å²) < 4.78 is 12.6. The molecule has 1 saturated heterocycles. The van der Waals surface area contributed by atoms with Gasteiger partial charge in [-0.25, -0.2) is 0 Å². The third kappa shape index (κ3) is 2.67. The second kappa shape index (κ2) is 7.60. The van der Waals surface area contributed by atoms with E-state index in [9.17, 15) is 10.4 Å². The third-order valence-electron chi connectivity index (χ3n) is 10.6. The summed E-state index contributed by atoms with van der Waals surface area (Å²) in [5, 5.41) is 21.4. The Hall–Kier alpha value is -1.31. The Kier molecular flexibility index (Phi) is 5.34. The van der Waals surface area contributed by atoms with E-state index in [1.807, 2.05) is 0 Å². The molecule has 32 heavy (non-hydrogen) atoms. The van der Waals surface area contributed by atoms with E-state index in [1.54, 1.807) is 0 Å². The number of ether oxygens (including phenoxy) is 2. The summed E-state index contributed by atoms with van der Waals surface area (Å²) >= 11 is 0. The van der Waals surface area contributed by atoms with Gasteiger partial charge in [0.15, 0.2) is 5.79 Å². The molecular weight excluding hydrogens is 398 g/mol. The molecule has 4 aliphatic carbocycles. The smallest absolute Gasteiger partial charge is 0.174 e. The molecule has 1 N–H and O–H groups in total. The molecule has 0 aromatic carbocycles. The number of rotatable bonds is 4. The van der Waals surface area contributed by atoms with Gasteiger partial charge in [-0.05, 0) is 68.1 Å². The van der Waals surface area contributed by atoms with Crippen LogP contribution in [0.5, 0.6) is 0 Å². The first-order chi connectivity index (χ1) is 15.3. The van der Waals surface area contributed by atoms with Crippen LogP contribution in [0.1, 0.15) is 91.9 Å². The highest BCUT2D eigenvalue weighted by atomic mass is 16.7. The molecule has 4 heteroatoms. The monoisotopic (exact) mass is 439 g/mol. The molecule has 5 aliphatic rings. The molecule has 0 amide bonds. The fourth-order valence-corrected chi connectivity index (χ4v) is 9.39. The second-order valence-corrected chi connectivity index (χ2v) is 11.8. The number of hydrogen-bond acceptors (Lipinski definition) is 4. The number of aliphatic hydroxyl groups excluding tert-OH is 1. The van der Waals surface area contributed by atoms with E-state index in [2.05, 4.69) is 39.8 Å². The van der Waals surface area contributed by atoms with Gasteiger partial charge in [0.1, 0.15) is 5.76 Å². The molecule has 0 bridgehead atoms. The van der Waals surface area contributed by atoms with Crippen molar-refractivity contribution >= 4 is 0 Å². The van der Waals surface area contributed by atoms with E-state index in [0.717, 1.165) is 64.6 Å². The van der Waals surface area contributed by atoms with Crippen LogP contribution < -0.4 is 0 Å². The Balaban J connectivity index is 1.58. The van der Waals surface area contributed by atoms with Crippen molar-refractivity contribution in [3.05, 3.63) is 23.0 Å². The van der Waals surface area contributed by atoms with Gasteiger partial charge in [-0.15, -0.1) is 0 Å². The van der Waals surface area contributed by atoms with Crippen LogP contribution in [0.2, 0.25) is 0 Å². The molecule has 5 atom stereocenters. The van der Waals surface area contributed by atoms with Crippen LogP contribution >= 0.6 is 0 Å². The van der Waals surface area contributed by atoms with Crippen LogP contribution in [0.4, 0.5) is 0 Å². The van der Waals surface area contributed by atoms with E-state index < -0.39 is 0 Å². The minimum Gasteiger partial charge on any atom is -0.510 e. The molecular formula is C28H41NO3. The molecule has 2 saturated carbocycles. The molecule has 1 aliphatic heterocycles. The van der Waals surface area contributed by atoms with Crippen LogP contribution in [0.25, 0.3) is 0 Å². The van der Waals surface area contributed by atoms with Crippen LogP contribution in [0.3, 0.4) is 0 Å². The summed E-state index contributed by atoms with van der Waals surface area (Å²) in [4.78, 5) is 0. The van der Waals surface area contributed by atoms with E-state index in [1.165, 1.54) is 12.0 Å². The molecule has 0 radical (unpaired) electrons. The van der Waals surface area contributed by atoms with E-state index in [-0.39, 0.29) is 22.0 Å². The minimum atomic E-state index is -0.371. The molecule has 5 unspecified atom stereocenters. The molecule has 1 heterocycles. The number of allylic oxidation sites excluding steroid dienone is 3. The first-order valence-corrected chi connectivity index (χ1v) is 13.1. The van der Waals surface area contributed by atoms with Crippen molar-refractivity contribution in [1.29, 1.82) is 5.26 Å². The predicted molar refractivity (Wildman–Crippen MR) is 125 cm³/mol. The Labute approximate surface area is 194 Å². The molecule has 0 aromatic rings. The maximum Gasteiger partial charge on any atom is 0.174 e. The Morgan fingerprint density at radius 1 is 1.06 bits per heavy atom. The van der Waals surface area contributed by atoms with Gasteiger partial charge in [0.25, 0.3) is 0 Å². The van der Waals surface area contributed by atoms with Gasteiger partial charge >= 0.3 is 0 Å². The van der Waals surface area contributed by atoms with Crippen molar-refractivity contribution < 1.29 is 14.6 Å². The van der Waals surface area contributed by atoms with Gasteiger partial charge in [0.2, 0.25) is 0 Å². The summed E-state index contributed by atoms with van der Waals surface area (Å²) in [6.07, 6.45) is 12.7. The van der Waals surface area contributed by atoms with E-state index >= 15 is 0 Å². The van der Waals surface area contributed by atoms with Gasteiger partial charge in [0.05, 0.1) is 24.9 Å². The average molecular weight is 440 g/mol. The summed E-state index contributed by atoms with van der Waals surface area (Å²) in [5.74, 6) is 1.78. The lowest BCUT2D eigenvalue weighted by Crippen LogP contribution is -2.56. The lowest BCUT2D eigenvalue weighted by atomic mass is 9.44. The van der Waals surface area contributed by atoms with Crippen LogP contribution in [-0.2, 0) is 9.47 Å². The largest absolute Gasteiger partial charge is 0.510 e. The van der Waals surface area contributed by atoms with Crippen molar-refractivity contribution in [2.75, 3.05) is 13.2 Å². The molecule has 5 rings (SSSR count). The zero-order chi connectivity index (χ0) is 22.8. The maximum atomic E-state index is 11.4. The van der Waals surface area contributed by atoms with Gasteiger partial charge in [-0.3, -0.25) is 0 Å². The fraction of sp³-hybridized carbons (Fsp3) is 0.821. The van der Waals surface area contributed by atoms with Gasteiger partial charge in [0, 0.05) is 17.3 Å². The summed E-state index contributed by atoms with van der Waals surface area (Å²) in [7, 11) is 0. The van der Waals surface area contributed by atoms with Crippen molar-refractivity contribution in [3.8, 4) is 6.07 Å². The number of fused-ring (bicyclic) bond motifs is 6. The highest BCUT2D eigenvalue weighted by Crippen LogP contribution is 2.71. The standard InChI is InChI=1S/C28H41NO3/c1-5-11-27(12-6-2)23-8-7-20-21(25(23,3)17-19(18-29)24(27)30)9-13-26(4)22(20)10-14-28(26)31-15-16-32-28/h8,20-22,30H,5-7,9-17H2,1-4H3. The quantitative estimate of drug-likeness (QED) is 0.487. The van der Waals surface area contributed by atoms with Crippen molar-refractivity contribution in [2.24, 2.45) is 34.0 Å². The first kappa shape index (κ1) is 22.5. The van der Waals surface area contributed by atoms with E-state index in [4.69, 9.17) is 9.47 Å². The third-order valence-corrected chi connectivity index (χ3v) is 10.6. The van der Waals surface area contributed by atoms with E-state index in [0.29, 0.717) is 35.5 Å². The molecule has 1 spiro atoms. The second-order valence-electron chi connectivity index (χ2n) is 11.8. The summed E-state index contributed by atoms with van der Waals surface area (Å²) in [6, 6.07) is 2.43. The minimum absolute atomic E-state index is 0.0426. The SMILES string of the molecule is CCCC1(CCC)C2=CCC3C(CCC4(C)C3CCC43OCCO3)C2(C)CC(C#N)=C1O. The predicted octanol–water partition coefficient (Wildman–Crippen LogP) is 6.83. The number of aliphatic hydroxyl groups is 1. The first-order valence-electron chi connectivity index (χ1n) is 13.1. The van der Waals surface area contributed by atoms with Crippen LogP contribution in [0, 0.1) is 45.3 Å². The fourth-order valence-electron chi connectivity index (χ4n) is 9.39. The molecule has 176 valence electrons. The van der Waals surface area contributed by atoms with Crippen LogP contribution in [0.15, 0.2) is 23.0 Å².